The molecule has 2 aromatic rings. The Hall–Kier alpha value is -2.21. The van der Waals surface area contributed by atoms with Crippen LogP contribution < -0.4 is 15.2 Å². The standard InChI is InChI=1S/C16H16F3NO2/c1-21-14-9-12(15(20)16(17,18)19)7-8-13(14)22-10-11-5-3-2-4-6-11/h2-9,15H,10,20H2,1H3/t15-/m1/s1. The summed E-state index contributed by atoms with van der Waals surface area (Å²) in [6.45, 7) is 0.294. The van der Waals surface area contributed by atoms with Crippen LogP contribution >= 0.6 is 0 Å². The molecule has 0 heterocycles. The Balaban J connectivity index is 2.16. The lowest BCUT2D eigenvalue weighted by Crippen LogP contribution is -2.28. The summed E-state index contributed by atoms with van der Waals surface area (Å²) < 4.78 is 48.6. The van der Waals surface area contributed by atoms with Crippen molar-refractivity contribution in [1.82, 2.24) is 0 Å². The topological polar surface area (TPSA) is 44.5 Å². The quantitative estimate of drug-likeness (QED) is 0.912. The zero-order valence-electron chi connectivity index (χ0n) is 11.9. The van der Waals surface area contributed by atoms with Crippen molar-refractivity contribution in [2.45, 2.75) is 18.8 Å². The molecule has 0 saturated heterocycles. The third-order valence-electron chi connectivity index (χ3n) is 3.14. The van der Waals surface area contributed by atoms with Gasteiger partial charge in [0.15, 0.2) is 11.5 Å². The molecule has 0 bridgehead atoms. The first-order chi connectivity index (χ1) is 10.4. The molecule has 3 nitrogen and oxygen atoms in total. The SMILES string of the molecule is COc1cc([C@@H](N)C(F)(F)F)ccc1OCc1ccccc1. The fourth-order valence-electron chi connectivity index (χ4n) is 1.92. The lowest BCUT2D eigenvalue weighted by molar-refractivity contribution is -0.149. The van der Waals surface area contributed by atoms with Crippen LogP contribution in [0, 0.1) is 0 Å². The van der Waals surface area contributed by atoms with E-state index in [0.29, 0.717) is 12.4 Å². The van der Waals surface area contributed by atoms with Crippen molar-refractivity contribution in [3.63, 3.8) is 0 Å². The average Bonchev–Trinajstić information content (AvgIpc) is 2.52. The number of hydrogen-bond donors (Lipinski definition) is 1. The molecule has 0 aliphatic heterocycles. The number of ether oxygens (including phenoxy) is 2. The van der Waals surface area contributed by atoms with Crippen LogP contribution in [-0.2, 0) is 6.61 Å². The van der Waals surface area contributed by atoms with Gasteiger partial charge in [-0.3, -0.25) is 0 Å². The summed E-state index contributed by atoms with van der Waals surface area (Å²) in [5.74, 6) is 0.581. The van der Waals surface area contributed by atoms with Gasteiger partial charge < -0.3 is 15.2 Å². The van der Waals surface area contributed by atoms with Crippen LogP contribution in [0.5, 0.6) is 11.5 Å². The fourth-order valence-corrected chi connectivity index (χ4v) is 1.92. The smallest absolute Gasteiger partial charge is 0.407 e. The molecule has 0 unspecified atom stereocenters. The van der Waals surface area contributed by atoms with Gasteiger partial charge in [-0.05, 0) is 23.3 Å². The largest absolute Gasteiger partial charge is 0.493 e. The molecule has 0 aliphatic rings. The van der Waals surface area contributed by atoms with Crippen LogP contribution in [0.15, 0.2) is 48.5 Å². The van der Waals surface area contributed by atoms with E-state index in [1.165, 1.54) is 25.3 Å². The Kier molecular flexibility index (Phi) is 4.92. The highest BCUT2D eigenvalue weighted by molar-refractivity contribution is 5.44. The minimum absolute atomic E-state index is 0.0728. The van der Waals surface area contributed by atoms with E-state index in [1.807, 2.05) is 30.3 Å². The van der Waals surface area contributed by atoms with Crippen LogP contribution in [-0.4, -0.2) is 13.3 Å². The van der Waals surface area contributed by atoms with Crippen LogP contribution in [0.4, 0.5) is 13.2 Å². The predicted octanol–water partition coefficient (Wildman–Crippen LogP) is 3.84. The second-order valence-electron chi connectivity index (χ2n) is 4.70. The Morgan fingerprint density at radius 1 is 1.05 bits per heavy atom. The van der Waals surface area contributed by atoms with Gasteiger partial charge in [-0.15, -0.1) is 0 Å². The normalized spacial score (nSPS) is 12.8. The van der Waals surface area contributed by atoms with Gasteiger partial charge in [0, 0.05) is 0 Å². The summed E-state index contributed by atoms with van der Waals surface area (Å²) in [6.07, 6.45) is -4.50. The van der Waals surface area contributed by atoms with Gasteiger partial charge in [-0.25, -0.2) is 0 Å². The maximum absolute atomic E-state index is 12.6. The Morgan fingerprint density at radius 2 is 1.73 bits per heavy atom. The van der Waals surface area contributed by atoms with E-state index >= 15 is 0 Å². The molecule has 0 aromatic heterocycles. The summed E-state index contributed by atoms with van der Waals surface area (Å²) in [7, 11) is 1.37. The fraction of sp³-hybridized carbons (Fsp3) is 0.250. The van der Waals surface area contributed by atoms with E-state index in [2.05, 4.69) is 0 Å². The third-order valence-corrected chi connectivity index (χ3v) is 3.14. The first kappa shape index (κ1) is 16.2. The zero-order chi connectivity index (χ0) is 16.2. The number of methoxy groups -OCH3 is 1. The van der Waals surface area contributed by atoms with Crippen LogP contribution in [0.1, 0.15) is 17.2 Å². The summed E-state index contributed by atoms with van der Waals surface area (Å²) in [6, 6.07) is 11.3. The van der Waals surface area contributed by atoms with E-state index in [1.54, 1.807) is 0 Å². The van der Waals surface area contributed by atoms with Crippen molar-refractivity contribution in [2.75, 3.05) is 7.11 Å². The number of rotatable bonds is 5. The highest BCUT2D eigenvalue weighted by Gasteiger charge is 2.38. The lowest BCUT2D eigenvalue weighted by atomic mass is 10.1. The molecular formula is C16H16F3NO2. The molecule has 22 heavy (non-hydrogen) atoms. The van der Waals surface area contributed by atoms with Gasteiger partial charge in [0.2, 0.25) is 0 Å². The lowest BCUT2D eigenvalue weighted by Gasteiger charge is -2.18. The molecule has 6 heteroatoms. The molecule has 0 amide bonds. The summed E-state index contributed by atoms with van der Waals surface area (Å²) in [4.78, 5) is 0. The van der Waals surface area contributed by atoms with E-state index in [4.69, 9.17) is 15.2 Å². The van der Waals surface area contributed by atoms with Gasteiger partial charge >= 0.3 is 6.18 Å². The summed E-state index contributed by atoms with van der Waals surface area (Å²) in [5, 5.41) is 0. The summed E-state index contributed by atoms with van der Waals surface area (Å²) >= 11 is 0. The van der Waals surface area contributed by atoms with E-state index in [0.717, 1.165) is 5.56 Å². The van der Waals surface area contributed by atoms with Crippen LogP contribution in [0.2, 0.25) is 0 Å². The first-order valence-electron chi connectivity index (χ1n) is 6.59. The first-order valence-corrected chi connectivity index (χ1v) is 6.59. The van der Waals surface area contributed by atoms with E-state index < -0.39 is 12.2 Å². The summed E-state index contributed by atoms with van der Waals surface area (Å²) in [5.41, 5.74) is 6.06. The van der Waals surface area contributed by atoms with Crippen LogP contribution in [0.3, 0.4) is 0 Å². The van der Waals surface area contributed by atoms with Gasteiger partial charge in [0.25, 0.3) is 0 Å². The van der Waals surface area contributed by atoms with Crippen molar-refractivity contribution in [3.05, 3.63) is 59.7 Å². The molecule has 2 aromatic carbocycles. The second-order valence-corrected chi connectivity index (χ2v) is 4.70. The zero-order valence-corrected chi connectivity index (χ0v) is 11.9. The molecule has 0 fully saturated rings. The van der Waals surface area contributed by atoms with Gasteiger partial charge in [-0.1, -0.05) is 36.4 Å². The van der Waals surface area contributed by atoms with E-state index in [9.17, 15) is 13.2 Å². The maximum Gasteiger partial charge on any atom is 0.407 e. The average molecular weight is 311 g/mol. The van der Waals surface area contributed by atoms with E-state index in [-0.39, 0.29) is 11.3 Å². The highest BCUT2D eigenvalue weighted by atomic mass is 19.4. The molecule has 0 saturated carbocycles. The second kappa shape index (κ2) is 6.70. The number of alkyl halides is 3. The van der Waals surface area contributed by atoms with Crippen molar-refractivity contribution in [2.24, 2.45) is 5.73 Å². The predicted molar refractivity (Wildman–Crippen MR) is 76.8 cm³/mol. The van der Waals surface area contributed by atoms with Crippen molar-refractivity contribution in [3.8, 4) is 11.5 Å². The Bertz CT molecular complexity index is 615. The van der Waals surface area contributed by atoms with Crippen molar-refractivity contribution < 1.29 is 22.6 Å². The molecule has 2 rings (SSSR count). The van der Waals surface area contributed by atoms with Crippen LogP contribution in [0.25, 0.3) is 0 Å². The number of hydrogen-bond acceptors (Lipinski definition) is 3. The van der Waals surface area contributed by atoms with Gasteiger partial charge in [0.1, 0.15) is 12.6 Å². The number of nitrogens with two attached hydrogens (primary N) is 1. The molecule has 118 valence electrons. The molecule has 0 radical (unpaired) electrons. The molecule has 1 atom stereocenters. The molecule has 0 spiro atoms. The molecular weight excluding hydrogens is 295 g/mol. The third kappa shape index (κ3) is 3.92. The highest BCUT2D eigenvalue weighted by Crippen LogP contribution is 2.35. The number of benzene rings is 2. The minimum atomic E-state index is -4.50. The van der Waals surface area contributed by atoms with Gasteiger partial charge in [0.05, 0.1) is 7.11 Å². The molecule has 0 aliphatic carbocycles. The monoisotopic (exact) mass is 311 g/mol. The number of halogens is 3. The maximum atomic E-state index is 12.6. The molecule has 2 N–H and O–H groups in total. The van der Waals surface area contributed by atoms with Crippen molar-refractivity contribution in [1.29, 1.82) is 0 Å². The Labute approximate surface area is 126 Å². The minimum Gasteiger partial charge on any atom is -0.493 e. The Morgan fingerprint density at radius 3 is 2.32 bits per heavy atom. The van der Waals surface area contributed by atoms with Gasteiger partial charge in [-0.2, -0.15) is 13.2 Å². The van der Waals surface area contributed by atoms with Crippen molar-refractivity contribution >= 4 is 0 Å².